The first-order valence-electron chi connectivity index (χ1n) is 42.5. The number of amides is 4. The van der Waals surface area contributed by atoms with E-state index in [0.29, 0.717) is 82.5 Å². The van der Waals surface area contributed by atoms with Gasteiger partial charge in [0.2, 0.25) is 40.1 Å². The standard InChI is InChI=1S/C22H30BrN4O6PS.C22H33N4O6PS.C22H29N4O6PS.C21H27N4O6PS/c1-13(23)8-7-11-27-19(22(2,3)4)18(28)17(21(27)29)20-24-15-10-9-14(26-35(6,31)32)12-16(15)34(30,25-20)33-5;1-13(2)22(6)18(27)17(20(28)26(22)11-10-21(3,4)5)19-23-15-9-8-14(25-34(7,31)32)12-16(15)33(29,30)24-19;1-7-8-9-12-26-19(22(2,3)4)18(27)17(21(26)28)20-23-15-11-10-14(25-34(6,30)31)13-16(15)33(29,24-20)32-5;1-6-7-8-11-25-18(21(2,3)4)17(26)16(20(25)27)19-22-14-10-9-13(24-33(5,30)31)12-15(14)32(28,29)23-19/h9-10,12,19,26,28H,1,7-8,11H2,2-6H3,(H,24,25,30);8-9,12-13,25,27H,10-11H2,1-7H3,(H2,23,24,29,30);1,10-11,13,19,25,27H,8-9,12H2,2-6H3,(H,23,24,29);1,9-10,12,18,24,26H,7-8,11H2,2-5H3,(H2,22,23,28,29). The summed E-state index contributed by atoms with van der Waals surface area (Å²) in [6.45, 7) is 34.1. The van der Waals surface area contributed by atoms with Crippen molar-refractivity contribution in [1.82, 2.24) is 19.6 Å². The largest absolute Gasteiger partial charge is 0.509 e. The number of aliphatic hydroxyl groups is 4. The smallest absolute Gasteiger partial charge is 0.348 e. The van der Waals surface area contributed by atoms with Crippen molar-refractivity contribution >= 4 is 200 Å². The van der Waals surface area contributed by atoms with Crippen LogP contribution in [0.5, 0.6) is 0 Å². The van der Waals surface area contributed by atoms with E-state index in [4.69, 9.17) is 21.9 Å². The number of hydrogen-bond acceptors (Lipinski definition) is 26. The highest BCUT2D eigenvalue weighted by Gasteiger charge is 2.56. The van der Waals surface area contributed by atoms with E-state index < -0.39 is 134 Å². The fourth-order valence-corrected chi connectivity index (χ4v) is 24.3. The minimum atomic E-state index is -4.39. The maximum Gasteiger partial charge on any atom is 0.348 e. The van der Waals surface area contributed by atoms with Crippen LogP contribution in [-0.4, -0.2) is 220 Å². The molecule has 8 aliphatic heterocycles. The zero-order chi connectivity index (χ0) is 102. The lowest BCUT2D eigenvalue weighted by Gasteiger charge is -2.40. The second kappa shape index (κ2) is 40.4. The maximum atomic E-state index is 13.7. The Kier molecular flexibility index (Phi) is 32.5. The lowest BCUT2D eigenvalue weighted by Crippen LogP contribution is -2.50. The third-order valence-corrected chi connectivity index (χ3v) is 32.1. The third-order valence-electron chi connectivity index (χ3n) is 22.4. The van der Waals surface area contributed by atoms with Gasteiger partial charge < -0.3 is 80.1 Å². The summed E-state index contributed by atoms with van der Waals surface area (Å²) in [4.78, 5) is 81.3. The molecule has 4 aromatic rings. The van der Waals surface area contributed by atoms with Crippen molar-refractivity contribution in [3.63, 3.8) is 0 Å². The number of carbonyl (C=O) groups excluding carboxylic acids is 4. The zero-order valence-electron chi connectivity index (χ0n) is 79.3. The first-order valence-corrected chi connectivity index (χ1v) is 57.2. The molecule has 8 aliphatic rings. The predicted molar refractivity (Wildman–Crippen MR) is 537 cm³/mol. The molecule has 8 unspecified atom stereocenters. The number of aliphatic hydroxyl groups excluding tert-OH is 4. The van der Waals surface area contributed by atoms with Gasteiger partial charge in [0.1, 0.15) is 50.9 Å². The Bertz CT molecular complexity index is 6630. The molecule has 742 valence electrons. The quantitative estimate of drug-likeness (QED) is 0.0150. The highest BCUT2D eigenvalue weighted by Crippen LogP contribution is 2.56. The van der Waals surface area contributed by atoms with Crippen LogP contribution in [0.1, 0.15) is 149 Å². The molecule has 0 saturated heterocycles. The summed E-state index contributed by atoms with van der Waals surface area (Å²) in [6, 6.07) is 14.9. The van der Waals surface area contributed by atoms with Crippen LogP contribution in [0.15, 0.2) is 148 Å². The van der Waals surface area contributed by atoms with E-state index in [2.05, 4.69) is 114 Å². The van der Waals surface area contributed by atoms with E-state index in [1.54, 1.807) is 21.6 Å². The number of rotatable bonds is 27. The van der Waals surface area contributed by atoms with E-state index >= 15 is 0 Å². The predicted octanol–water partition coefficient (Wildman–Crippen LogP) is 12.3. The van der Waals surface area contributed by atoms with Crippen molar-refractivity contribution in [2.24, 2.45) is 46.6 Å². The van der Waals surface area contributed by atoms with Gasteiger partial charge in [0.25, 0.3) is 23.6 Å². The number of allylic oxidation sites excluding steroid dienone is 1. The summed E-state index contributed by atoms with van der Waals surface area (Å²) in [7, 11) is -28.4. The summed E-state index contributed by atoms with van der Waals surface area (Å²) < 4.78 is 183. The molecular weight excluding hydrogens is 1990 g/mol. The number of unbranched alkanes of at least 4 members (excludes halogenated alkanes) is 2. The third kappa shape index (κ3) is 24.9. The topological polar surface area (TPSA) is 572 Å². The lowest BCUT2D eigenvalue weighted by atomic mass is 9.84. The van der Waals surface area contributed by atoms with Crippen LogP contribution in [-0.2, 0) is 86.6 Å². The molecule has 14 N–H and O–H groups in total. The van der Waals surface area contributed by atoms with Gasteiger partial charge >= 0.3 is 30.1 Å². The van der Waals surface area contributed by atoms with Gasteiger partial charge in [0.15, 0.2) is 23.3 Å². The number of hydrogen-bond donors (Lipinski definition) is 14. The Hall–Kier alpha value is -10.1. The molecule has 0 saturated carbocycles. The maximum absolute atomic E-state index is 13.7. The number of nitrogens with zero attached hydrogens (tertiary/aromatic N) is 8. The minimum Gasteiger partial charge on any atom is -0.509 e. The first-order chi connectivity index (χ1) is 62.3. The second-order valence-electron chi connectivity index (χ2n) is 38.3. The highest BCUT2D eigenvalue weighted by molar-refractivity contribution is 9.11. The molecule has 0 spiro atoms. The van der Waals surface area contributed by atoms with Gasteiger partial charge in [-0.2, -0.15) is 19.1 Å². The molecule has 0 aromatic heterocycles. The summed E-state index contributed by atoms with van der Waals surface area (Å²) >= 11 is 3.33. The van der Waals surface area contributed by atoms with Gasteiger partial charge in [0.05, 0.1) is 87.1 Å². The highest BCUT2D eigenvalue weighted by atomic mass is 79.9. The van der Waals surface area contributed by atoms with Crippen molar-refractivity contribution in [3.05, 3.63) is 129 Å². The number of sulfonamides is 4. The monoisotopic (exact) mass is 2100 g/mol. The minimum absolute atomic E-state index is 0.0470. The number of anilines is 8. The van der Waals surface area contributed by atoms with Crippen molar-refractivity contribution in [2.45, 2.75) is 172 Å². The molecule has 0 aliphatic carbocycles. The fourth-order valence-electron chi connectivity index (χ4n) is 16.2. The van der Waals surface area contributed by atoms with Crippen LogP contribution in [0.4, 0.5) is 45.5 Å². The van der Waals surface area contributed by atoms with Crippen LogP contribution in [0.2, 0.25) is 0 Å². The first kappa shape index (κ1) is 110. The summed E-state index contributed by atoms with van der Waals surface area (Å²) in [5.41, 5.74) is -1.43. The van der Waals surface area contributed by atoms with Crippen molar-refractivity contribution in [3.8, 4) is 24.7 Å². The van der Waals surface area contributed by atoms with Crippen molar-refractivity contribution in [2.75, 3.05) is 106 Å². The molecule has 4 amide bonds. The van der Waals surface area contributed by atoms with Gasteiger partial charge in [-0.3, -0.25) is 56.3 Å². The number of fused-ring (bicyclic) bond motifs is 4. The van der Waals surface area contributed by atoms with Crippen LogP contribution in [0.3, 0.4) is 0 Å². The molecule has 4 aromatic carbocycles. The molecule has 12 rings (SSSR count). The van der Waals surface area contributed by atoms with E-state index in [1.807, 2.05) is 76.2 Å². The summed E-state index contributed by atoms with van der Waals surface area (Å²) in [5.74, 6) is 1.74. The van der Waals surface area contributed by atoms with Crippen LogP contribution >= 0.6 is 46.0 Å². The molecular formula is C87H119BrN16O24P4S4. The fraction of sp³-hybridized carbons (Fsp3) is 0.471. The lowest BCUT2D eigenvalue weighted by molar-refractivity contribution is -0.131. The van der Waals surface area contributed by atoms with Gasteiger partial charge in [-0.25, -0.2) is 33.7 Å². The molecule has 8 atom stereocenters. The molecule has 8 heterocycles. The van der Waals surface area contributed by atoms with E-state index in [0.717, 1.165) is 29.5 Å². The van der Waals surface area contributed by atoms with Crippen LogP contribution in [0, 0.1) is 52.3 Å². The number of carbonyl (C=O) groups is 4. The second-order valence-corrected chi connectivity index (χ2v) is 54.2. The molecule has 40 nitrogen and oxygen atoms in total. The number of amidine groups is 4. The summed E-state index contributed by atoms with van der Waals surface area (Å²) in [6.07, 6.45) is 18.6. The SMILES string of the molecule is C#CCCCN1C(=O)C(C2=NP(=O)(O)c3cc(NS(C)(=O)=O)ccc3N2)=C(O)C1C(C)(C)C.C#CCCCN1C(=O)C(C2=NP(=O)(OC)c3cc(NS(C)(=O)=O)ccc3N2)=C(O)C1C(C)(C)C.C=C(Br)CCCN1C(=O)C(C2=NP(=O)(OC)c3cc(NS(C)(=O)=O)ccc3N2)=C(O)C1C(C)(C)C.CC(C)C1(C)C(O)=C(C2=NP(=O)(O)c3cc(NS(C)(=O)=O)ccc3N2)C(=O)N1CCC(C)(C)C. The number of terminal acetylenes is 2. The van der Waals surface area contributed by atoms with Crippen molar-refractivity contribution in [1.29, 1.82) is 0 Å². The Balaban J connectivity index is 0.000000203. The van der Waals surface area contributed by atoms with E-state index in [1.165, 1.54) is 91.9 Å². The molecule has 136 heavy (non-hydrogen) atoms. The number of halogens is 1. The number of benzene rings is 4. The van der Waals surface area contributed by atoms with Gasteiger partial charge in [-0.15, -0.1) is 24.7 Å². The van der Waals surface area contributed by atoms with Gasteiger partial charge in [-0.05, 0) is 144 Å². The summed E-state index contributed by atoms with van der Waals surface area (Å²) in [5, 5.41) is 56.4. The van der Waals surface area contributed by atoms with Crippen molar-refractivity contribution < 1.29 is 110 Å². The molecule has 0 bridgehead atoms. The average Bonchev–Trinajstić information content (AvgIpc) is 1.55. The number of nitrogens with one attached hydrogen (secondary N) is 8. The van der Waals surface area contributed by atoms with E-state index in [9.17, 15) is 101 Å². The van der Waals surface area contributed by atoms with Crippen LogP contribution in [0.25, 0.3) is 0 Å². The van der Waals surface area contributed by atoms with E-state index in [-0.39, 0.29) is 135 Å². The Labute approximate surface area is 802 Å². The normalized spacial score (nSPS) is 23.4. The Morgan fingerprint density at radius 2 is 0.765 bits per heavy atom. The zero-order valence-corrected chi connectivity index (χ0v) is 87.7. The molecule has 49 heteroatoms. The Morgan fingerprint density at radius 1 is 0.485 bits per heavy atom. The Morgan fingerprint density at radius 3 is 1.03 bits per heavy atom. The van der Waals surface area contributed by atoms with Gasteiger partial charge in [0, 0.05) is 76.0 Å². The van der Waals surface area contributed by atoms with Gasteiger partial charge in [-0.1, -0.05) is 119 Å². The molecule has 0 fully saturated rings. The van der Waals surface area contributed by atoms with Crippen LogP contribution < -0.4 is 61.4 Å². The molecule has 0 radical (unpaired) electrons. The average molecular weight is 2110 g/mol.